The van der Waals surface area contributed by atoms with Crippen LogP contribution in [0.5, 0.6) is 0 Å². The molecule has 0 aromatic heterocycles. The van der Waals surface area contributed by atoms with Gasteiger partial charge in [-0.15, -0.1) is 0 Å². The number of hydrogen-bond acceptors (Lipinski definition) is 5. The van der Waals surface area contributed by atoms with Crippen molar-refractivity contribution in [2.75, 3.05) is 19.6 Å². The lowest BCUT2D eigenvalue weighted by Gasteiger charge is -2.20. The molecular formula is C18H21N5O2. The van der Waals surface area contributed by atoms with Gasteiger partial charge in [0.05, 0.1) is 11.0 Å². The average Bonchev–Trinajstić information content (AvgIpc) is 3.07. The molecule has 0 amide bonds. The van der Waals surface area contributed by atoms with Crippen molar-refractivity contribution in [1.29, 1.82) is 0 Å². The molecule has 0 atom stereocenters. The number of hydrogen-bond donors (Lipinski definition) is 1. The van der Waals surface area contributed by atoms with Crippen LogP contribution >= 0.6 is 0 Å². The minimum absolute atomic E-state index is 0.219. The van der Waals surface area contributed by atoms with Crippen LogP contribution in [0.25, 0.3) is 22.6 Å². The Hall–Kier alpha value is -2.54. The summed E-state index contributed by atoms with van der Waals surface area (Å²) in [5, 5.41) is 0. The second kappa shape index (κ2) is 6.07. The molecule has 3 aliphatic rings. The summed E-state index contributed by atoms with van der Waals surface area (Å²) in [5.74, 6) is 0.365. The maximum Gasteiger partial charge on any atom is 0.349 e. The third kappa shape index (κ3) is 2.84. The van der Waals surface area contributed by atoms with Crippen LogP contribution in [0.4, 0.5) is 0 Å². The zero-order chi connectivity index (χ0) is 17.6. The molecule has 1 aromatic rings. The Bertz CT molecular complexity index is 1030. The molecule has 1 N–H and O–H groups in total. The molecule has 3 aliphatic heterocycles. The van der Waals surface area contributed by atoms with Gasteiger partial charge in [-0.25, -0.2) is 9.78 Å². The van der Waals surface area contributed by atoms with Gasteiger partial charge in [0.2, 0.25) is 0 Å². The van der Waals surface area contributed by atoms with Gasteiger partial charge in [-0.1, -0.05) is 0 Å². The van der Waals surface area contributed by atoms with Crippen LogP contribution in [0.15, 0.2) is 21.7 Å². The van der Waals surface area contributed by atoms with Crippen molar-refractivity contribution in [3.63, 3.8) is 0 Å². The molecule has 1 saturated heterocycles. The lowest BCUT2D eigenvalue weighted by atomic mass is 10.1. The molecule has 130 valence electrons. The second-order valence-corrected chi connectivity index (χ2v) is 6.78. The van der Waals surface area contributed by atoms with Crippen LogP contribution in [-0.4, -0.2) is 44.1 Å². The van der Waals surface area contributed by atoms with Gasteiger partial charge in [0.15, 0.2) is 11.5 Å². The minimum atomic E-state index is -0.627. The van der Waals surface area contributed by atoms with Crippen molar-refractivity contribution < 1.29 is 0 Å². The number of H-pyrrole nitrogens is 1. The standard InChI is InChI=1S/C18H21N5O2/c1-11-9-13-14(10-12(11)2)23(8-7-22-5-3-4-6-22)16-15(19-13)17(24)21-18(25)20-16/h9-10H,3-8H2,1-2H3,(H,21,24,25). The van der Waals surface area contributed by atoms with Crippen LogP contribution in [0.1, 0.15) is 24.0 Å². The lowest BCUT2D eigenvalue weighted by molar-refractivity contribution is 0.324. The first-order chi connectivity index (χ1) is 12.0. The smallest absolute Gasteiger partial charge is 0.321 e. The number of likely N-dealkylation sites (tertiary alicyclic amines) is 1. The summed E-state index contributed by atoms with van der Waals surface area (Å²) < 4.78 is 1.97. The van der Waals surface area contributed by atoms with Crippen LogP contribution in [0.3, 0.4) is 0 Å². The van der Waals surface area contributed by atoms with Crippen molar-refractivity contribution in [3.05, 3.63) is 44.1 Å². The first-order valence-corrected chi connectivity index (χ1v) is 8.67. The van der Waals surface area contributed by atoms with Crippen molar-refractivity contribution in [2.24, 2.45) is 0 Å². The highest BCUT2D eigenvalue weighted by molar-refractivity contribution is 5.81. The zero-order valence-corrected chi connectivity index (χ0v) is 14.5. The van der Waals surface area contributed by atoms with Gasteiger partial charge in [0.1, 0.15) is 0 Å². The molecule has 0 radical (unpaired) electrons. The highest BCUT2D eigenvalue weighted by atomic mass is 16.2. The Labute approximate surface area is 144 Å². The van der Waals surface area contributed by atoms with Crippen molar-refractivity contribution in [2.45, 2.75) is 33.2 Å². The van der Waals surface area contributed by atoms with Crippen molar-refractivity contribution >= 4 is 11.0 Å². The first kappa shape index (κ1) is 16.0. The number of aromatic amines is 1. The molecular weight excluding hydrogens is 318 g/mol. The van der Waals surface area contributed by atoms with Gasteiger partial charge < -0.3 is 9.47 Å². The summed E-state index contributed by atoms with van der Waals surface area (Å²) in [5.41, 5.74) is 3.04. The largest absolute Gasteiger partial charge is 0.349 e. The molecule has 0 saturated carbocycles. The van der Waals surface area contributed by atoms with Gasteiger partial charge in [-0.2, -0.15) is 4.98 Å². The number of nitrogens with one attached hydrogen (secondary N) is 1. The topological polar surface area (TPSA) is 83.9 Å². The normalized spacial score (nSPS) is 15.4. The molecule has 1 aromatic carbocycles. The Morgan fingerprint density at radius 3 is 2.52 bits per heavy atom. The van der Waals surface area contributed by atoms with Gasteiger partial charge in [-0.3, -0.25) is 9.78 Å². The molecule has 0 spiro atoms. The molecule has 3 heterocycles. The number of benzene rings is 1. The summed E-state index contributed by atoms with van der Waals surface area (Å²) in [6.07, 6.45) is 2.45. The number of rotatable bonds is 3. The van der Waals surface area contributed by atoms with E-state index in [0.717, 1.165) is 41.8 Å². The molecule has 1 fully saturated rings. The Balaban J connectivity index is 1.94. The number of fused-ring (bicyclic) bond motifs is 2. The molecule has 4 rings (SSSR count). The highest BCUT2D eigenvalue weighted by Gasteiger charge is 2.20. The van der Waals surface area contributed by atoms with E-state index in [1.165, 1.54) is 12.8 Å². The minimum Gasteiger partial charge on any atom is -0.321 e. The fourth-order valence-corrected chi connectivity index (χ4v) is 3.52. The Kier molecular flexibility index (Phi) is 3.88. The predicted octanol–water partition coefficient (Wildman–Crippen LogP) is 1.30. The van der Waals surface area contributed by atoms with Crippen molar-refractivity contribution in [1.82, 2.24) is 24.4 Å². The fraction of sp³-hybridized carbons (Fsp3) is 0.444. The fourth-order valence-electron chi connectivity index (χ4n) is 3.52. The molecule has 7 heteroatoms. The molecule has 7 nitrogen and oxygen atoms in total. The summed E-state index contributed by atoms with van der Waals surface area (Å²) in [6.45, 7) is 7.82. The summed E-state index contributed by atoms with van der Waals surface area (Å²) in [6, 6.07) is 4.05. The first-order valence-electron chi connectivity index (χ1n) is 8.67. The van der Waals surface area contributed by atoms with Crippen LogP contribution < -0.4 is 11.2 Å². The van der Waals surface area contributed by atoms with E-state index in [2.05, 4.69) is 25.9 Å². The SMILES string of the molecule is Cc1cc2nc3c(=O)[nH]c(=O)nc-3n(CCN3CCCC3)c2cc1C. The predicted molar refractivity (Wildman–Crippen MR) is 96.2 cm³/mol. The number of aromatic nitrogens is 4. The van der Waals surface area contributed by atoms with E-state index in [9.17, 15) is 9.59 Å². The third-order valence-corrected chi connectivity index (χ3v) is 5.06. The highest BCUT2D eigenvalue weighted by Crippen LogP contribution is 2.24. The number of nitrogens with zero attached hydrogens (tertiary/aromatic N) is 4. The van der Waals surface area contributed by atoms with Gasteiger partial charge >= 0.3 is 5.69 Å². The monoisotopic (exact) mass is 339 g/mol. The molecule has 0 bridgehead atoms. The Morgan fingerprint density at radius 1 is 1.04 bits per heavy atom. The summed E-state index contributed by atoms with van der Waals surface area (Å²) >= 11 is 0. The number of aryl methyl sites for hydroxylation is 2. The second-order valence-electron chi connectivity index (χ2n) is 6.78. The lowest BCUT2D eigenvalue weighted by Crippen LogP contribution is -2.31. The van der Waals surface area contributed by atoms with Crippen LogP contribution in [-0.2, 0) is 6.54 Å². The van der Waals surface area contributed by atoms with E-state index in [1.54, 1.807) is 0 Å². The van der Waals surface area contributed by atoms with Crippen LogP contribution in [0.2, 0.25) is 0 Å². The molecule has 0 aliphatic carbocycles. The van der Waals surface area contributed by atoms with Gasteiger partial charge in [0, 0.05) is 13.1 Å². The maximum atomic E-state index is 12.2. The van der Waals surface area contributed by atoms with E-state index in [1.807, 2.05) is 24.5 Å². The van der Waals surface area contributed by atoms with E-state index < -0.39 is 11.2 Å². The quantitative estimate of drug-likeness (QED) is 0.727. The maximum absolute atomic E-state index is 12.2. The average molecular weight is 339 g/mol. The van der Waals surface area contributed by atoms with E-state index >= 15 is 0 Å². The molecule has 0 unspecified atom stereocenters. The zero-order valence-electron chi connectivity index (χ0n) is 14.5. The third-order valence-electron chi connectivity index (χ3n) is 5.06. The van der Waals surface area contributed by atoms with Gasteiger partial charge in [0.25, 0.3) is 5.56 Å². The van der Waals surface area contributed by atoms with E-state index in [4.69, 9.17) is 0 Å². The van der Waals surface area contributed by atoms with Gasteiger partial charge in [-0.05, 0) is 63.0 Å². The van der Waals surface area contributed by atoms with E-state index in [-0.39, 0.29) is 5.69 Å². The Morgan fingerprint density at radius 2 is 1.76 bits per heavy atom. The van der Waals surface area contributed by atoms with E-state index in [0.29, 0.717) is 12.4 Å². The van der Waals surface area contributed by atoms with Crippen molar-refractivity contribution in [3.8, 4) is 11.5 Å². The van der Waals surface area contributed by atoms with Crippen LogP contribution in [0, 0.1) is 13.8 Å². The molecule has 25 heavy (non-hydrogen) atoms. The summed E-state index contributed by atoms with van der Waals surface area (Å²) in [4.78, 5) is 37.1. The summed E-state index contributed by atoms with van der Waals surface area (Å²) in [7, 11) is 0.